The number of hydrogen-bond donors (Lipinski definition) is 0. The number of unbranched alkanes of at least 4 members (excludes halogenated alkanes) is 1. The smallest absolute Gasteiger partial charge is 0.302 e. The van der Waals surface area contributed by atoms with Crippen molar-refractivity contribution in [3.05, 3.63) is 0 Å². The number of rotatable bonds is 9. The first-order chi connectivity index (χ1) is 7.13. The van der Waals surface area contributed by atoms with Gasteiger partial charge < -0.3 is 9.47 Å². The molecule has 0 radical (unpaired) electrons. The van der Waals surface area contributed by atoms with Crippen LogP contribution in [0.1, 0.15) is 46.5 Å². The minimum Gasteiger partial charge on any atom is -0.466 e. The summed E-state index contributed by atoms with van der Waals surface area (Å²) in [5.74, 6) is 0.561. The fraction of sp³-hybridized carbons (Fsp3) is 0.917. The summed E-state index contributed by atoms with van der Waals surface area (Å²) in [5, 5.41) is 0. The van der Waals surface area contributed by atoms with Crippen LogP contribution < -0.4 is 0 Å². The maximum absolute atomic E-state index is 10.4. The molecule has 0 heterocycles. The molecule has 0 N–H and O–H groups in total. The van der Waals surface area contributed by atoms with E-state index in [9.17, 15) is 4.79 Å². The van der Waals surface area contributed by atoms with Gasteiger partial charge in [0.05, 0.1) is 6.61 Å². The number of carbonyl (C=O) groups excluding carboxylic acids is 1. The largest absolute Gasteiger partial charge is 0.466 e. The van der Waals surface area contributed by atoms with Crippen molar-refractivity contribution in [3.8, 4) is 0 Å². The van der Waals surface area contributed by atoms with Crippen LogP contribution in [0.3, 0.4) is 0 Å². The van der Waals surface area contributed by atoms with Crippen LogP contribution >= 0.6 is 0 Å². The van der Waals surface area contributed by atoms with E-state index in [1.54, 1.807) is 0 Å². The summed E-state index contributed by atoms with van der Waals surface area (Å²) in [7, 11) is 0. The molecule has 0 atom stereocenters. The standard InChI is InChI=1S/C12H24O3/c1-11(2)7-6-9-14-8-4-5-10-15-12(3)13/h11H,4-10H2,1-3H3. The Kier molecular flexibility index (Phi) is 9.59. The molecule has 0 aromatic rings. The third-order valence-corrected chi connectivity index (χ3v) is 2.06. The molecule has 15 heavy (non-hydrogen) atoms. The number of esters is 1. The van der Waals surface area contributed by atoms with Gasteiger partial charge in [-0.2, -0.15) is 0 Å². The predicted molar refractivity (Wildman–Crippen MR) is 60.8 cm³/mol. The Balaban J connectivity index is 2.96. The van der Waals surface area contributed by atoms with Gasteiger partial charge in [0.15, 0.2) is 0 Å². The van der Waals surface area contributed by atoms with Crippen molar-refractivity contribution < 1.29 is 14.3 Å². The lowest BCUT2D eigenvalue weighted by Crippen LogP contribution is -2.03. The summed E-state index contributed by atoms with van der Waals surface area (Å²) < 4.78 is 10.3. The summed E-state index contributed by atoms with van der Waals surface area (Å²) in [6.45, 7) is 8.02. The van der Waals surface area contributed by atoms with Crippen LogP contribution in [0.5, 0.6) is 0 Å². The number of carbonyl (C=O) groups is 1. The molecule has 0 aliphatic rings. The summed E-state index contributed by atoms with van der Waals surface area (Å²) in [6.07, 6.45) is 4.23. The van der Waals surface area contributed by atoms with Gasteiger partial charge >= 0.3 is 5.97 Å². The molecule has 0 saturated carbocycles. The molecule has 0 aliphatic heterocycles. The molecule has 3 nitrogen and oxygen atoms in total. The average Bonchev–Trinajstić information content (AvgIpc) is 2.14. The van der Waals surface area contributed by atoms with E-state index < -0.39 is 0 Å². The van der Waals surface area contributed by atoms with Crippen molar-refractivity contribution in [2.75, 3.05) is 19.8 Å². The Morgan fingerprint density at radius 2 is 1.67 bits per heavy atom. The molecule has 0 saturated heterocycles. The highest BCUT2D eigenvalue weighted by molar-refractivity contribution is 5.65. The van der Waals surface area contributed by atoms with Gasteiger partial charge in [-0.1, -0.05) is 13.8 Å². The van der Waals surface area contributed by atoms with Crippen molar-refractivity contribution >= 4 is 5.97 Å². The normalized spacial score (nSPS) is 10.7. The van der Waals surface area contributed by atoms with E-state index in [2.05, 4.69) is 13.8 Å². The summed E-state index contributed by atoms with van der Waals surface area (Å²) >= 11 is 0. The first-order valence-corrected chi connectivity index (χ1v) is 5.84. The quantitative estimate of drug-likeness (QED) is 0.439. The Labute approximate surface area is 93.1 Å². The molecule has 0 rings (SSSR count). The number of ether oxygens (including phenoxy) is 2. The van der Waals surface area contributed by atoms with Gasteiger partial charge in [-0.15, -0.1) is 0 Å². The molecule has 0 fully saturated rings. The van der Waals surface area contributed by atoms with Crippen LogP contribution in [0.25, 0.3) is 0 Å². The van der Waals surface area contributed by atoms with Gasteiger partial charge in [-0.25, -0.2) is 0 Å². The van der Waals surface area contributed by atoms with E-state index in [1.807, 2.05) is 0 Å². The maximum atomic E-state index is 10.4. The average molecular weight is 216 g/mol. The predicted octanol–water partition coefficient (Wildman–Crippen LogP) is 2.78. The third kappa shape index (κ3) is 13.4. The fourth-order valence-corrected chi connectivity index (χ4v) is 1.22. The molecule has 0 unspecified atom stereocenters. The first-order valence-electron chi connectivity index (χ1n) is 5.84. The highest BCUT2D eigenvalue weighted by Gasteiger charge is 1.95. The van der Waals surface area contributed by atoms with E-state index in [4.69, 9.17) is 9.47 Å². The minimum absolute atomic E-state index is 0.201. The lowest BCUT2D eigenvalue weighted by molar-refractivity contribution is -0.141. The molecule has 0 aromatic carbocycles. The van der Waals surface area contributed by atoms with Gasteiger partial charge in [-0.3, -0.25) is 4.79 Å². The zero-order chi connectivity index (χ0) is 11.5. The molecule has 90 valence electrons. The zero-order valence-corrected chi connectivity index (χ0v) is 10.3. The molecule has 0 aliphatic carbocycles. The Bertz CT molecular complexity index is 155. The molecule has 0 spiro atoms. The van der Waals surface area contributed by atoms with Crippen molar-refractivity contribution in [1.82, 2.24) is 0 Å². The maximum Gasteiger partial charge on any atom is 0.302 e. The van der Waals surface area contributed by atoms with Crippen LogP contribution in [0, 0.1) is 5.92 Å². The van der Waals surface area contributed by atoms with Gasteiger partial charge in [0.25, 0.3) is 0 Å². The van der Waals surface area contributed by atoms with Gasteiger partial charge in [0, 0.05) is 20.1 Å². The SMILES string of the molecule is CC(=O)OCCCCOCCCC(C)C. The summed E-state index contributed by atoms with van der Waals surface area (Å²) in [4.78, 5) is 10.4. The van der Waals surface area contributed by atoms with Crippen LogP contribution in [-0.4, -0.2) is 25.8 Å². The molecular weight excluding hydrogens is 192 g/mol. The lowest BCUT2D eigenvalue weighted by atomic mass is 10.1. The highest BCUT2D eigenvalue weighted by Crippen LogP contribution is 2.03. The second-order valence-corrected chi connectivity index (χ2v) is 4.20. The van der Waals surface area contributed by atoms with E-state index in [0.717, 1.165) is 38.4 Å². The summed E-state index contributed by atoms with van der Waals surface area (Å²) in [6, 6.07) is 0. The molecular formula is C12H24O3. The van der Waals surface area contributed by atoms with Gasteiger partial charge in [-0.05, 0) is 31.6 Å². The van der Waals surface area contributed by atoms with Crippen LogP contribution in [-0.2, 0) is 14.3 Å². The van der Waals surface area contributed by atoms with Crippen LogP contribution in [0.4, 0.5) is 0 Å². The lowest BCUT2D eigenvalue weighted by Gasteiger charge is -2.06. The minimum atomic E-state index is -0.201. The first kappa shape index (κ1) is 14.4. The number of hydrogen-bond acceptors (Lipinski definition) is 3. The second-order valence-electron chi connectivity index (χ2n) is 4.20. The third-order valence-electron chi connectivity index (χ3n) is 2.06. The molecule has 0 amide bonds. The van der Waals surface area contributed by atoms with E-state index in [1.165, 1.54) is 13.3 Å². The van der Waals surface area contributed by atoms with E-state index in [0.29, 0.717) is 6.61 Å². The van der Waals surface area contributed by atoms with Crippen molar-refractivity contribution in [3.63, 3.8) is 0 Å². The Morgan fingerprint density at radius 1 is 1.07 bits per heavy atom. The Hall–Kier alpha value is -0.570. The van der Waals surface area contributed by atoms with Crippen molar-refractivity contribution in [2.24, 2.45) is 5.92 Å². The fourth-order valence-electron chi connectivity index (χ4n) is 1.22. The van der Waals surface area contributed by atoms with Crippen LogP contribution in [0.15, 0.2) is 0 Å². The van der Waals surface area contributed by atoms with Crippen LogP contribution in [0.2, 0.25) is 0 Å². The second kappa shape index (κ2) is 9.97. The molecule has 0 bridgehead atoms. The van der Waals surface area contributed by atoms with Crippen molar-refractivity contribution in [1.29, 1.82) is 0 Å². The monoisotopic (exact) mass is 216 g/mol. The molecule has 0 aromatic heterocycles. The van der Waals surface area contributed by atoms with E-state index in [-0.39, 0.29) is 5.97 Å². The Morgan fingerprint density at radius 3 is 2.27 bits per heavy atom. The summed E-state index contributed by atoms with van der Waals surface area (Å²) in [5.41, 5.74) is 0. The zero-order valence-electron chi connectivity index (χ0n) is 10.3. The van der Waals surface area contributed by atoms with Gasteiger partial charge in [0.1, 0.15) is 0 Å². The topological polar surface area (TPSA) is 35.5 Å². The van der Waals surface area contributed by atoms with E-state index >= 15 is 0 Å². The highest BCUT2D eigenvalue weighted by atomic mass is 16.5. The molecule has 3 heteroatoms. The van der Waals surface area contributed by atoms with Gasteiger partial charge in [0.2, 0.25) is 0 Å². The van der Waals surface area contributed by atoms with Crippen molar-refractivity contribution in [2.45, 2.75) is 46.5 Å².